The summed E-state index contributed by atoms with van der Waals surface area (Å²) < 4.78 is 9.97. The van der Waals surface area contributed by atoms with Crippen LogP contribution in [0.4, 0.5) is 4.79 Å². The number of rotatable bonds is 1. The Bertz CT molecular complexity index is 350. The van der Waals surface area contributed by atoms with E-state index in [1.165, 1.54) is 0 Å². The second-order valence-electron chi connectivity index (χ2n) is 4.21. The maximum atomic E-state index is 11.3. The van der Waals surface area contributed by atoms with Gasteiger partial charge in [-0.3, -0.25) is 0 Å². The zero-order chi connectivity index (χ0) is 11.5. The zero-order valence-corrected chi connectivity index (χ0v) is 9.24. The smallest absolute Gasteiger partial charge is 0.428 e. The molecule has 0 aliphatic carbocycles. The predicted molar refractivity (Wildman–Crippen MR) is 57.8 cm³/mol. The van der Waals surface area contributed by atoms with Gasteiger partial charge in [-0.05, 0) is 45.4 Å². The minimum atomic E-state index is -0.701. The summed E-state index contributed by atoms with van der Waals surface area (Å²) in [6.07, 6.45) is -0.701. The van der Waals surface area contributed by atoms with Gasteiger partial charge in [-0.15, -0.1) is 0 Å². The molecule has 3 nitrogen and oxygen atoms in total. The lowest BCUT2D eigenvalue weighted by Crippen LogP contribution is -2.25. The SMILES string of the molecule is [CH2]c1cccc(OC(=O)OC(C)(C)C)c1. The van der Waals surface area contributed by atoms with Crippen LogP contribution < -0.4 is 4.74 Å². The molecule has 0 spiro atoms. The quantitative estimate of drug-likeness (QED) is 0.524. The first-order chi connectivity index (χ1) is 6.87. The molecule has 1 aromatic rings. The van der Waals surface area contributed by atoms with Gasteiger partial charge in [-0.1, -0.05) is 12.1 Å². The molecule has 0 saturated carbocycles. The predicted octanol–water partition coefficient (Wildman–Crippen LogP) is 3.18. The fourth-order valence-electron chi connectivity index (χ4n) is 0.976. The minimum absolute atomic E-state index is 0.441. The number of carbonyl (C=O) groups is 1. The summed E-state index contributed by atoms with van der Waals surface area (Å²) >= 11 is 0. The Morgan fingerprint density at radius 2 is 2.00 bits per heavy atom. The van der Waals surface area contributed by atoms with Crippen molar-refractivity contribution in [3.05, 3.63) is 36.8 Å². The number of ether oxygens (including phenoxy) is 2. The third-order valence-corrected chi connectivity index (χ3v) is 1.49. The molecule has 0 aliphatic heterocycles. The van der Waals surface area contributed by atoms with E-state index >= 15 is 0 Å². The molecule has 0 amide bonds. The number of hydrogen-bond donors (Lipinski definition) is 0. The van der Waals surface area contributed by atoms with E-state index < -0.39 is 11.8 Å². The number of hydrogen-bond acceptors (Lipinski definition) is 3. The molecule has 0 aliphatic rings. The van der Waals surface area contributed by atoms with Crippen LogP contribution in [-0.4, -0.2) is 11.8 Å². The van der Waals surface area contributed by atoms with Crippen LogP contribution in [0.3, 0.4) is 0 Å². The summed E-state index contributed by atoms with van der Waals surface area (Å²) in [7, 11) is 0. The van der Waals surface area contributed by atoms with E-state index in [2.05, 4.69) is 6.92 Å². The van der Waals surface area contributed by atoms with Gasteiger partial charge in [0.15, 0.2) is 0 Å². The lowest BCUT2D eigenvalue weighted by atomic mass is 10.2. The highest BCUT2D eigenvalue weighted by Gasteiger charge is 2.17. The molecular weight excluding hydrogens is 192 g/mol. The Kier molecular flexibility index (Phi) is 3.35. The monoisotopic (exact) mass is 207 g/mol. The Labute approximate surface area is 90.0 Å². The van der Waals surface area contributed by atoms with Gasteiger partial charge in [-0.25, -0.2) is 4.79 Å². The number of carbonyl (C=O) groups excluding carboxylic acids is 1. The van der Waals surface area contributed by atoms with E-state index in [1.807, 2.05) is 6.07 Å². The third kappa shape index (κ3) is 4.49. The highest BCUT2D eigenvalue weighted by Crippen LogP contribution is 2.15. The summed E-state index contributed by atoms with van der Waals surface area (Å²) in [5, 5.41) is 0. The first-order valence-corrected chi connectivity index (χ1v) is 4.70. The summed E-state index contributed by atoms with van der Waals surface area (Å²) in [4.78, 5) is 11.3. The lowest BCUT2D eigenvalue weighted by Gasteiger charge is -2.18. The van der Waals surface area contributed by atoms with E-state index in [4.69, 9.17) is 9.47 Å². The van der Waals surface area contributed by atoms with Crippen molar-refractivity contribution in [1.82, 2.24) is 0 Å². The van der Waals surface area contributed by atoms with Gasteiger partial charge in [0.25, 0.3) is 0 Å². The van der Waals surface area contributed by atoms with Gasteiger partial charge < -0.3 is 9.47 Å². The van der Waals surface area contributed by atoms with E-state index in [1.54, 1.807) is 39.0 Å². The van der Waals surface area contributed by atoms with Crippen LogP contribution in [0.1, 0.15) is 26.3 Å². The second kappa shape index (κ2) is 4.34. The van der Waals surface area contributed by atoms with Crippen molar-refractivity contribution in [3.63, 3.8) is 0 Å². The molecule has 0 bridgehead atoms. The standard InChI is InChI=1S/C12H15O3/c1-9-6-5-7-10(8-9)14-11(13)15-12(2,3)4/h5-8H,1H2,2-4H3. The number of benzene rings is 1. The summed E-state index contributed by atoms with van der Waals surface area (Å²) in [6.45, 7) is 9.08. The van der Waals surface area contributed by atoms with Crippen molar-refractivity contribution in [2.45, 2.75) is 26.4 Å². The molecule has 0 N–H and O–H groups in total. The molecular formula is C12H15O3. The molecule has 0 unspecified atom stereocenters. The molecule has 15 heavy (non-hydrogen) atoms. The van der Waals surface area contributed by atoms with E-state index in [-0.39, 0.29) is 0 Å². The molecule has 1 rings (SSSR count). The average Bonchev–Trinajstić information content (AvgIpc) is 1.99. The summed E-state index contributed by atoms with van der Waals surface area (Å²) in [6, 6.07) is 6.94. The minimum Gasteiger partial charge on any atom is -0.428 e. The van der Waals surface area contributed by atoms with Crippen molar-refractivity contribution < 1.29 is 14.3 Å². The Hall–Kier alpha value is -1.51. The van der Waals surface area contributed by atoms with Crippen LogP contribution in [0, 0.1) is 6.92 Å². The van der Waals surface area contributed by atoms with E-state index in [0.29, 0.717) is 5.75 Å². The molecule has 0 heterocycles. The second-order valence-corrected chi connectivity index (χ2v) is 4.21. The van der Waals surface area contributed by atoms with Crippen LogP contribution >= 0.6 is 0 Å². The zero-order valence-electron chi connectivity index (χ0n) is 9.24. The van der Waals surface area contributed by atoms with Gasteiger partial charge in [0.05, 0.1) is 0 Å². The van der Waals surface area contributed by atoms with Gasteiger partial charge in [0, 0.05) is 0 Å². The van der Waals surface area contributed by atoms with Crippen LogP contribution in [0.5, 0.6) is 5.75 Å². The largest absolute Gasteiger partial charge is 0.514 e. The maximum Gasteiger partial charge on any atom is 0.514 e. The molecule has 1 radical (unpaired) electrons. The highest BCUT2D eigenvalue weighted by atomic mass is 16.7. The summed E-state index contributed by atoms with van der Waals surface area (Å²) in [5.74, 6) is 0.441. The van der Waals surface area contributed by atoms with Crippen molar-refractivity contribution in [1.29, 1.82) is 0 Å². The summed E-state index contributed by atoms with van der Waals surface area (Å²) in [5.41, 5.74) is 0.246. The van der Waals surface area contributed by atoms with Crippen LogP contribution in [0.25, 0.3) is 0 Å². The highest BCUT2D eigenvalue weighted by molar-refractivity contribution is 5.64. The van der Waals surface area contributed by atoms with Crippen molar-refractivity contribution >= 4 is 6.16 Å². The molecule has 1 aromatic carbocycles. The van der Waals surface area contributed by atoms with E-state index in [9.17, 15) is 4.79 Å². The Morgan fingerprint density at radius 3 is 2.53 bits per heavy atom. The third-order valence-electron chi connectivity index (χ3n) is 1.49. The van der Waals surface area contributed by atoms with Crippen molar-refractivity contribution in [2.24, 2.45) is 0 Å². The molecule has 0 atom stereocenters. The van der Waals surface area contributed by atoms with Gasteiger partial charge in [0.2, 0.25) is 0 Å². The first kappa shape index (κ1) is 11.6. The fourth-order valence-corrected chi connectivity index (χ4v) is 0.976. The van der Waals surface area contributed by atoms with Crippen LogP contribution in [-0.2, 0) is 4.74 Å². The Balaban J connectivity index is 2.59. The van der Waals surface area contributed by atoms with Crippen molar-refractivity contribution in [2.75, 3.05) is 0 Å². The fraction of sp³-hybridized carbons (Fsp3) is 0.333. The van der Waals surface area contributed by atoms with Gasteiger partial charge >= 0.3 is 6.16 Å². The van der Waals surface area contributed by atoms with E-state index in [0.717, 1.165) is 5.56 Å². The molecule has 0 saturated heterocycles. The van der Waals surface area contributed by atoms with Gasteiger partial charge in [0.1, 0.15) is 11.4 Å². The van der Waals surface area contributed by atoms with Crippen molar-refractivity contribution in [3.8, 4) is 5.75 Å². The lowest BCUT2D eigenvalue weighted by molar-refractivity contribution is 0.0206. The average molecular weight is 207 g/mol. The molecule has 0 fully saturated rings. The molecule has 0 aromatic heterocycles. The van der Waals surface area contributed by atoms with Crippen LogP contribution in [0.15, 0.2) is 24.3 Å². The maximum absolute atomic E-state index is 11.3. The normalized spacial score (nSPS) is 10.9. The molecule has 3 heteroatoms. The Morgan fingerprint density at radius 1 is 1.33 bits per heavy atom. The van der Waals surface area contributed by atoms with Gasteiger partial charge in [-0.2, -0.15) is 0 Å². The van der Waals surface area contributed by atoms with Crippen LogP contribution in [0.2, 0.25) is 0 Å². The first-order valence-electron chi connectivity index (χ1n) is 4.70. The molecule has 81 valence electrons. The topological polar surface area (TPSA) is 35.5 Å².